The predicted molar refractivity (Wildman–Crippen MR) is 95.8 cm³/mol. The van der Waals surface area contributed by atoms with Gasteiger partial charge in [-0.2, -0.15) is 0 Å². The molecule has 2 saturated heterocycles. The van der Waals surface area contributed by atoms with Gasteiger partial charge in [-0.25, -0.2) is 0 Å². The van der Waals surface area contributed by atoms with Gasteiger partial charge in [0.2, 0.25) is 5.91 Å². The summed E-state index contributed by atoms with van der Waals surface area (Å²) in [6.45, 7) is 3.76. The Bertz CT molecular complexity index is 792. The molecular weight excluding hydrogens is 356 g/mol. The molecule has 10 heteroatoms. The molecular formula is C16H18N6O3S. The third-order valence-electron chi connectivity index (χ3n) is 4.36. The Balaban J connectivity index is 1.65. The summed E-state index contributed by atoms with van der Waals surface area (Å²) in [5.74, 6) is -0.491. The number of nitrogens with one attached hydrogen (secondary N) is 2. The van der Waals surface area contributed by atoms with Crippen molar-refractivity contribution in [3.63, 3.8) is 0 Å². The van der Waals surface area contributed by atoms with E-state index in [0.717, 1.165) is 5.56 Å². The van der Waals surface area contributed by atoms with Gasteiger partial charge in [0.15, 0.2) is 0 Å². The molecule has 2 N–H and O–H groups in total. The molecule has 0 aliphatic carbocycles. The number of rotatable bonds is 4. The van der Waals surface area contributed by atoms with Crippen molar-refractivity contribution in [3.8, 4) is 0 Å². The van der Waals surface area contributed by atoms with Gasteiger partial charge in [-0.15, -0.1) is 11.8 Å². The Morgan fingerprint density at radius 2 is 2.00 bits per heavy atom. The van der Waals surface area contributed by atoms with Crippen LogP contribution in [0, 0.1) is 0 Å². The number of carbonyl (C=O) groups is 3. The fourth-order valence-electron chi connectivity index (χ4n) is 3.16. The monoisotopic (exact) mass is 374 g/mol. The van der Waals surface area contributed by atoms with Gasteiger partial charge in [-0.1, -0.05) is 30.3 Å². The fraction of sp³-hybridized carbons (Fsp3) is 0.438. The summed E-state index contributed by atoms with van der Waals surface area (Å²) in [6, 6.07) is 7.81. The van der Waals surface area contributed by atoms with Gasteiger partial charge >= 0.3 is 6.03 Å². The molecule has 2 heterocycles. The van der Waals surface area contributed by atoms with Gasteiger partial charge in [0.1, 0.15) is 17.6 Å². The number of azide groups is 1. The molecule has 9 nitrogen and oxygen atoms in total. The van der Waals surface area contributed by atoms with E-state index in [1.807, 2.05) is 44.2 Å². The predicted octanol–water partition coefficient (Wildman–Crippen LogP) is 1.75. The largest absolute Gasteiger partial charge is 0.341 e. The number of fused-ring (bicyclic) bond motifs is 1. The average Bonchev–Trinajstić information content (AvgIpc) is 2.82. The Labute approximate surface area is 154 Å². The van der Waals surface area contributed by atoms with E-state index in [4.69, 9.17) is 5.53 Å². The third-order valence-corrected chi connectivity index (χ3v) is 5.93. The zero-order chi connectivity index (χ0) is 18.9. The molecule has 1 aromatic rings. The normalized spacial score (nSPS) is 25.5. The number of hydrogen-bond donors (Lipinski definition) is 2. The van der Waals surface area contributed by atoms with E-state index in [9.17, 15) is 14.4 Å². The molecule has 3 rings (SSSR count). The Morgan fingerprint density at radius 3 is 2.65 bits per heavy atom. The minimum absolute atomic E-state index is 0.197. The molecule has 2 fully saturated rings. The van der Waals surface area contributed by atoms with E-state index >= 15 is 0 Å². The van der Waals surface area contributed by atoms with Gasteiger partial charge in [0.05, 0.1) is 11.2 Å². The van der Waals surface area contributed by atoms with Gasteiger partial charge in [-0.3, -0.25) is 14.4 Å². The number of benzene rings is 1. The number of thioether (sulfide) groups is 1. The average molecular weight is 374 g/mol. The van der Waals surface area contributed by atoms with Crippen LogP contribution in [0.25, 0.3) is 10.4 Å². The Hall–Kier alpha value is -2.71. The van der Waals surface area contributed by atoms with Gasteiger partial charge < -0.3 is 15.5 Å². The summed E-state index contributed by atoms with van der Waals surface area (Å²) >= 11 is 1.49. The molecule has 26 heavy (non-hydrogen) atoms. The van der Waals surface area contributed by atoms with E-state index in [1.54, 1.807) is 0 Å². The summed E-state index contributed by atoms with van der Waals surface area (Å²) in [5, 5.41) is 8.06. The molecule has 0 aromatic heterocycles. The number of β-lactam (4-membered cyclic amide) rings is 1. The molecule has 0 spiro atoms. The summed E-state index contributed by atoms with van der Waals surface area (Å²) < 4.78 is -0.486. The standard InChI is InChI=1S/C16H18N6O3S/c1-16(2)14(19-15(25)20-21-17)22-12(24)11(13(22)26-16)18-10(23)8-9-6-4-3-5-7-9/h3-7,11,13-14H,8H2,1-2H3,(H,18,23)(H,19,25)/t11-,13-,14-/m1/s1. The number of nitrogens with zero attached hydrogens (tertiary/aromatic N) is 4. The minimum atomic E-state index is -0.837. The molecule has 3 atom stereocenters. The second kappa shape index (κ2) is 6.89. The van der Waals surface area contributed by atoms with Crippen LogP contribution in [0.2, 0.25) is 0 Å². The van der Waals surface area contributed by atoms with Crippen molar-refractivity contribution in [3.05, 3.63) is 46.3 Å². The van der Waals surface area contributed by atoms with E-state index < -0.39 is 23.0 Å². The quantitative estimate of drug-likeness (QED) is 0.360. The molecule has 0 unspecified atom stereocenters. The van der Waals surface area contributed by atoms with Crippen LogP contribution in [0.3, 0.4) is 0 Å². The highest BCUT2D eigenvalue weighted by Gasteiger charge is 2.62. The van der Waals surface area contributed by atoms with E-state index in [0.29, 0.717) is 0 Å². The lowest BCUT2D eigenvalue weighted by Gasteiger charge is -2.44. The van der Waals surface area contributed by atoms with Crippen LogP contribution in [0.1, 0.15) is 19.4 Å². The number of hydrogen-bond acceptors (Lipinski definition) is 4. The van der Waals surface area contributed by atoms with E-state index in [-0.39, 0.29) is 23.6 Å². The highest BCUT2D eigenvalue weighted by molar-refractivity contribution is 8.01. The lowest BCUT2D eigenvalue weighted by molar-refractivity contribution is -0.151. The van der Waals surface area contributed by atoms with Gasteiger partial charge in [0, 0.05) is 10.0 Å². The van der Waals surface area contributed by atoms with Crippen LogP contribution in [-0.2, 0) is 16.0 Å². The summed E-state index contributed by atoms with van der Waals surface area (Å²) in [4.78, 5) is 40.3. The molecule has 2 aliphatic heterocycles. The number of carbonyl (C=O) groups excluding carboxylic acids is 3. The summed E-state index contributed by atoms with van der Waals surface area (Å²) in [6.07, 6.45) is -0.409. The van der Waals surface area contributed by atoms with Crippen LogP contribution < -0.4 is 10.6 Å². The van der Waals surface area contributed by atoms with Crippen LogP contribution >= 0.6 is 11.8 Å². The highest BCUT2D eigenvalue weighted by Crippen LogP contribution is 2.49. The van der Waals surface area contributed by atoms with Crippen LogP contribution in [-0.4, -0.2) is 45.1 Å². The van der Waals surface area contributed by atoms with E-state index in [2.05, 4.69) is 20.7 Å². The minimum Gasteiger partial charge on any atom is -0.341 e. The second-order valence-electron chi connectivity index (χ2n) is 6.61. The second-order valence-corrected chi connectivity index (χ2v) is 8.38. The van der Waals surface area contributed by atoms with Crippen LogP contribution in [0.4, 0.5) is 4.79 Å². The van der Waals surface area contributed by atoms with Crippen molar-refractivity contribution < 1.29 is 14.4 Å². The molecule has 2 aliphatic rings. The van der Waals surface area contributed by atoms with E-state index in [1.165, 1.54) is 16.7 Å². The maximum absolute atomic E-state index is 12.5. The first-order valence-corrected chi connectivity index (χ1v) is 8.90. The first-order valence-electron chi connectivity index (χ1n) is 8.02. The van der Waals surface area contributed by atoms with Crippen molar-refractivity contribution in [1.29, 1.82) is 0 Å². The molecule has 0 radical (unpaired) electrons. The third kappa shape index (κ3) is 3.33. The van der Waals surface area contributed by atoms with Crippen molar-refractivity contribution in [1.82, 2.24) is 15.5 Å². The smallest absolute Gasteiger partial charge is 0.309 e. The topological polar surface area (TPSA) is 127 Å². The van der Waals surface area contributed by atoms with Crippen molar-refractivity contribution in [2.45, 2.75) is 42.6 Å². The molecule has 0 bridgehead atoms. The Kier molecular flexibility index (Phi) is 4.80. The van der Waals surface area contributed by atoms with Crippen LogP contribution in [0.5, 0.6) is 0 Å². The fourth-order valence-corrected chi connectivity index (χ4v) is 4.75. The zero-order valence-corrected chi connectivity index (χ0v) is 15.1. The highest BCUT2D eigenvalue weighted by atomic mass is 32.2. The molecule has 1 aromatic carbocycles. The maximum atomic E-state index is 12.5. The Morgan fingerprint density at radius 1 is 1.31 bits per heavy atom. The maximum Gasteiger partial charge on any atom is 0.309 e. The van der Waals surface area contributed by atoms with Gasteiger partial charge in [0.25, 0.3) is 5.91 Å². The van der Waals surface area contributed by atoms with Crippen molar-refractivity contribution in [2.24, 2.45) is 5.11 Å². The van der Waals surface area contributed by atoms with Gasteiger partial charge in [-0.05, 0) is 24.9 Å². The molecule has 4 amide bonds. The summed E-state index contributed by atoms with van der Waals surface area (Å²) in [5.41, 5.74) is 9.22. The molecule has 136 valence electrons. The number of urea groups is 1. The van der Waals surface area contributed by atoms with Crippen LogP contribution in [0.15, 0.2) is 35.4 Å². The van der Waals surface area contributed by atoms with Crippen molar-refractivity contribution in [2.75, 3.05) is 0 Å². The lowest BCUT2D eigenvalue weighted by atomic mass is 10.0. The molecule has 0 saturated carbocycles. The first kappa shape index (κ1) is 18.1. The SMILES string of the molecule is CC1(C)S[C@@H]2[C@H](NC(=O)Cc3ccccc3)C(=O)N2[C@H]1NC(=O)N=[N+]=[N-]. The summed E-state index contributed by atoms with van der Waals surface area (Å²) in [7, 11) is 0. The first-order chi connectivity index (χ1) is 12.3. The zero-order valence-electron chi connectivity index (χ0n) is 14.2. The van der Waals surface area contributed by atoms with Crippen molar-refractivity contribution >= 4 is 29.6 Å². The number of amides is 4. The lowest BCUT2D eigenvalue weighted by Crippen LogP contribution is -2.72.